The molecule has 2 aliphatic carbocycles. The summed E-state index contributed by atoms with van der Waals surface area (Å²) in [7, 11) is 2.03. The Morgan fingerprint density at radius 3 is 2.46 bits per heavy atom. The number of nitrogens with zero attached hydrogens (tertiary/aromatic N) is 2. The van der Waals surface area contributed by atoms with Crippen molar-refractivity contribution in [2.75, 3.05) is 13.6 Å². The number of hydrogen-bond acceptors (Lipinski definition) is 2. The summed E-state index contributed by atoms with van der Waals surface area (Å²) in [5.41, 5.74) is 0.353. The Balaban J connectivity index is 1.57. The van der Waals surface area contributed by atoms with Crippen LogP contribution in [-0.2, 0) is 9.59 Å². The predicted molar refractivity (Wildman–Crippen MR) is 112 cm³/mol. The lowest BCUT2D eigenvalue weighted by Gasteiger charge is -2.61. The third-order valence-corrected chi connectivity index (χ3v) is 9.18. The van der Waals surface area contributed by atoms with E-state index in [1.165, 1.54) is 19.3 Å². The van der Waals surface area contributed by atoms with Crippen molar-refractivity contribution in [3.05, 3.63) is 0 Å². The Labute approximate surface area is 171 Å². The average molecular weight is 389 g/mol. The van der Waals surface area contributed by atoms with E-state index in [-0.39, 0.29) is 16.4 Å². The van der Waals surface area contributed by atoms with Crippen LogP contribution in [0.4, 0.5) is 0 Å². The van der Waals surface area contributed by atoms with Crippen molar-refractivity contribution < 1.29 is 9.59 Å². The quantitative estimate of drug-likeness (QED) is 0.665. The molecule has 0 unspecified atom stereocenters. The number of rotatable bonds is 1. The molecular weight excluding hydrogens is 348 g/mol. The number of likely N-dealkylation sites (tertiary alicyclic amines) is 2. The van der Waals surface area contributed by atoms with E-state index in [0.29, 0.717) is 48.5 Å². The van der Waals surface area contributed by atoms with Crippen molar-refractivity contribution in [1.29, 1.82) is 0 Å². The highest BCUT2D eigenvalue weighted by molar-refractivity contribution is 5.78. The van der Waals surface area contributed by atoms with Crippen LogP contribution in [0.1, 0.15) is 86.0 Å². The second-order valence-electron chi connectivity index (χ2n) is 11.9. The zero-order valence-electron chi connectivity index (χ0n) is 18.9. The maximum atomic E-state index is 13.1. The fourth-order valence-electron chi connectivity index (χ4n) is 7.79. The van der Waals surface area contributed by atoms with Crippen LogP contribution in [0.15, 0.2) is 0 Å². The number of carbonyl (C=O) groups excluding carboxylic acids is 2. The summed E-state index contributed by atoms with van der Waals surface area (Å²) in [6, 6.07) is 0.416. The van der Waals surface area contributed by atoms with Crippen molar-refractivity contribution in [2.24, 2.45) is 28.6 Å². The highest BCUT2D eigenvalue weighted by atomic mass is 16.2. The molecule has 6 atom stereocenters. The maximum Gasteiger partial charge on any atom is 0.223 e. The molecule has 158 valence electrons. The first-order chi connectivity index (χ1) is 13.0. The van der Waals surface area contributed by atoms with Crippen LogP contribution in [0.5, 0.6) is 0 Å². The van der Waals surface area contributed by atoms with Crippen molar-refractivity contribution in [1.82, 2.24) is 9.80 Å². The highest BCUT2D eigenvalue weighted by Crippen LogP contribution is 2.62. The summed E-state index contributed by atoms with van der Waals surface area (Å²) >= 11 is 0. The number of hydrogen-bond donors (Lipinski definition) is 0. The molecule has 0 radical (unpaired) electrons. The Morgan fingerprint density at radius 2 is 1.79 bits per heavy atom. The minimum Gasteiger partial charge on any atom is -0.342 e. The van der Waals surface area contributed by atoms with E-state index in [0.717, 1.165) is 25.8 Å². The molecule has 0 aromatic rings. The molecular formula is C24H40N2O2. The zero-order chi connectivity index (χ0) is 20.5. The van der Waals surface area contributed by atoms with E-state index in [4.69, 9.17) is 0 Å². The van der Waals surface area contributed by atoms with E-state index >= 15 is 0 Å². The molecule has 4 aliphatic rings. The molecule has 0 N–H and O–H groups in total. The molecule has 4 nitrogen and oxygen atoms in total. The molecule has 0 spiro atoms. The zero-order valence-corrected chi connectivity index (χ0v) is 18.9. The summed E-state index contributed by atoms with van der Waals surface area (Å²) in [4.78, 5) is 29.8. The van der Waals surface area contributed by atoms with E-state index < -0.39 is 0 Å². The Kier molecular flexibility index (Phi) is 4.67. The molecule has 28 heavy (non-hydrogen) atoms. The van der Waals surface area contributed by atoms with Crippen molar-refractivity contribution >= 4 is 11.8 Å². The van der Waals surface area contributed by atoms with E-state index in [1.54, 1.807) is 0 Å². The smallest absolute Gasteiger partial charge is 0.223 e. The summed E-state index contributed by atoms with van der Waals surface area (Å²) in [5, 5.41) is 0. The van der Waals surface area contributed by atoms with Crippen molar-refractivity contribution in [3.8, 4) is 0 Å². The molecule has 2 heterocycles. The lowest BCUT2D eigenvalue weighted by Crippen LogP contribution is -2.63. The minimum absolute atomic E-state index is 0.0447. The summed E-state index contributed by atoms with van der Waals surface area (Å²) < 4.78 is 0. The molecule has 0 aromatic carbocycles. The summed E-state index contributed by atoms with van der Waals surface area (Å²) in [6.07, 6.45) is 8.30. The Bertz CT molecular complexity index is 668. The average Bonchev–Trinajstić information content (AvgIpc) is 2.94. The van der Waals surface area contributed by atoms with E-state index in [1.807, 2.05) is 7.05 Å². The first kappa shape index (κ1) is 20.2. The molecule has 2 saturated carbocycles. The lowest BCUT2D eigenvalue weighted by molar-refractivity contribution is -0.159. The van der Waals surface area contributed by atoms with Gasteiger partial charge in [0.2, 0.25) is 11.8 Å². The van der Waals surface area contributed by atoms with Gasteiger partial charge in [0.1, 0.15) is 0 Å². The molecule has 0 aromatic heterocycles. The third kappa shape index (κ3) is 2.92. The second-order valence-corrected chi connectivity index (χ2v) is 11.9. The third-order valence-electron chi connectivity index (χ3n) is 9.18. The number of piperidine rings is 1. The van der Waals surface area contributed by atoms with Gasteiger partial charge in [0.25, 0.3) is 0 Å². The Morgan fingerprint density at radius 1 is 1.07 bits per heavy atom. The van der Waals surface area contributed by atoms with E-state index in [9.17, 15) is 9.59 Å². The lowest BCUT2D eigenvalue weighted by atomic mass is 9.48. The van der Waals surface area contributed by atoms with Gasteiger partial charge in [-0.25, -0.2) is 0 Å². The predicted octanol–water partition coefficient (Wildman–Crippen LogP) is 4.48. The maximum absolute atomic E-state index is 13.1. The van der Waals surface area contributed by atoms with Crippen molar-refractivity contribution in [2.45, 2.75) is 97.6 Å². The normalized spacial score (nSPS) is 43.4. The van der Waals surface area contributed by atoms with Crippen LogP contribution in [0.3, 0.4) is 0 Å². The van der Waals surface area contributed by atoms with E-state index in [2.05, 4.69) is 44.4 Å². The van der Waals surface area contributed by atoms with Crippen LogP contribution >= 0.6 is 0 Å². The van der Waals surface area contributed by atoms with Gasteiger partial charge in [-0.15, -0.1) is 0 Å². The first-order valence-electron chi connectivity index (χ1n) is 11.5. The Hall–Kier alpha value is -1.06. The highest BCUT2D eigenvalue weighted by Gasteiger charge is 2.61. The van der Waals surface area contributed by atoms with Gasteiger partial charge < -0.3 is 9.80 Å². The SMILES string of the molecule is CN1C(=O)CC[C@]2(C)[C@H]3CC[C@@]4(C)[C@@H](CCN4C(=O)CC(C)(C)C)[C@@H]3CC[C@@H]12. The van der Waals surface area contributed by atoms with Crippen LogP contribution in [0, 0.1) is 28.6 Å². The number of fused-ring (bicyclic) bond motifs is 5. The second kappa shape index (κ2) is 6.47. The number of amides is 2. The summed E-state index contributed by atoms with van der Waals surface area (Å²) in [6.45, 7) is 12.3. The topological polar surface area (TPSA) is 40.6 Å². The van der Waals surface area contributed by atoms with Gasteiger partial charge in [0.05, 0.1) is 0 Å². The number of carbonyl (C=O) groups is 2. The van der Waals surface area contributed by atoms with Crippen molar-refractivity contribution in [3.63, 3.8) is 0 Å². The monoisotopic (exact) mass is 388 g/mol. The fraction of sp³-hybridized carbons (Fsp3) is 0.917. The minimum atomic E-state index is 0.0447. The summed E-state index contributed by atoms with van der Waals surface area (Å²) in [5.74, 6) is 2.75. The van der Waals surface area contributed by atoms with Gasteiger partial charge in [-0.05, 0) is 74.0 Å². The fourth-order valence-corrected chi connectivity index (χ4v) is 7.79. The molecule has 2 amide bonds. The molecule has 4 rings (SSSR count). The van der Waals surface area contributed by atoms with Crippen LogP contribution < -0.4 is 0 Å². The largest absolute Gasteiger partial charge is 0.342 e. The van der Waals surface area contributed by atoms with Gasteiger partial charge in [0, 0.05) is 38.0 Å². The molecule has 2 aliphatic heterocycles. The molecule has 2 saturated heterocycles. The van der Waals surface area contributed by atoms with Crippen LogP contribution in [-0.4, -0.2) is 46.8 Å². The molecule has 4 fully saturated rings. The van der Waals surface area contributed by atoms with Crippen LogP contribution in [0.25, 0.3) is 0 Å². The van der Waals surface area contributed by atoms with Crippen LogP contribution in [0.2, 0.25) is 0 Å². The standard InChI is InChI=1S/C24H40N2O2/c1-22(2,3)15-21(28)26-14-11-18-16-7-8-19-23(4,12-10-20(27)25(19)6)17(16)9-13-24(18,26)5/h16-19H,7-15H2,1-6H3/t16-,17+,18+,19-,23-,24+/m1/s1. The van der Waals surface area contributed by atoms with Gasteiger partial charge in [0.15, 0.2) is 0 Å². The van der Waals surface area contributed by atoms with Gasteiger partial charge >= 0.3 is 0 Å². The van der Waals surface area contributed by atoms with Gasteiger partial charge in [-0.2, -0.15) is 0 Å². The first-order valence-corrected chi connectivity index (χ1v) is 11.5. The molecule has 4 heteroatoms. The van der Waals surface area contributed by atoms with Gasteiger partial charge in [-0.1, -0.05) is 27.7 Å². The molecule has 0 bridgehead atoms. The van der Waals surface area contributed by atoms with Gasteiger partial charge in [-0.3, -0.25) is 9.59 Å².